The number of rotatable bonds is 8. The third kappa shape index (κ3) is 5.13. The summed E-state index contributed by atoms with van der Waals surface area (Å²) in [6, 6.07) is 9.99. The van der Waals surface area contributed by atoms with E-state index in [9.17, 15) is 18.3 Å². The van der Waals surface area contributed by atoms with Crippen LogP contribution in [-0.4, -0.2) is 30.7 Å². The van der Waals surface area contributed by atoms with Gasteiger partial charge in [0.2, 0.25) is 9.84 Å². The van der Waals surface area contributed by atoms with Gasteiger partial charge in [0.1, 0.15) is 11.4 Å². The van der Waals surface area contributed by atoms with Crippen LogP contribution in [0.4, 0.5) is 0 Å². The topological polar surface area (TPSA) is 85.6 Å². The van der Waals surface area contributed by atoms with E-state index in [1.807, 2.05) is 26.0 Å². The zero-order valence-electron chi connectivity index (χ0n) is 18.8. The summed E-state index contributed by atoms with van der Waals surface area (Å²) < 4.78 is 34.8. The fourth-order valence-corrected chi connectivity index (χ4v) is 6.06. The molecule has 0 fully saturated rings. The first-order chi connectivity index (χ1) is 15.4. The largest absolute Gasteiger partial charge is 0.494 e. The smallest absolute Gasteiger partial charge is 0.352 e. The lowest BCUT2D eigenvalue weighted by atomic mass is 10.1. The Hall–Kier alpha value is -2.29. The fourth-order valence-electron chi connectivity index (χ4n) is 3.96. The van der Waals surface area contributed by atoms with Gasteiger partial charge in [-0.05, 0) is 81.6 Å². The monoisotopic (exact) mass is 553 g/mol. The molecule has 3 rings (SSSR count). The summed E-state index contributed by atoms with van der Waals surface area (Å²) in [6.07, 6.45) is 0.494. The van der Waals surface area contributed by atoms with E-state index in [2.05, 4.69) is 15.9 Å². The molecule has 0 amide bonds. The minimum absolute atomic E-state index is 0.0265. The Labute approximate surface area is 207 Å². The van der Waals surface area contributed by atoms with Crippen LogP contribution in [0, 0.1) is 27.7 Å². The summed E-state index contributed by atoms with van der Waals surface area (Å²) in [5.74, 6) is -0.482. The van der Waals surface area contributed by atoms with Crippen LogP contribution in [0.3, 0.4) is 0 Å². The second-order valence-electron chi connectivity index (χ2n) is 7.88. The zero-order chi connectivity index (χ0) is 24.5. The van der Waals surface area contributed by atoms with Gasteiger partial charge in [0.05, 0.1) is 16.4 Å². The Morgan fingerprint density at radius 2 is 1.67 bits per heavy atom. The first-order valence-corrected chi connectivity index (χ1v) is 12.9. The van der Waals surface area contributed by atoms with E-state index in [1.165, 1.54) is 19.1 Å². The summed E-state index contributed by atoms with van der Waals surface area (Å²) >= 11 is 9.50. The van der Waals surface area contributed by atoms with Gasteiger partial charge in [0.25, 0.3) is 0 Å². The summed E-state index contributed by atoms with van der Waals surface area (Å²) in [5, 5.41) is 10.5. The van der Waals surface area contributed by atoms with E-state index in [0.717, 1.165) is 15.6 Å². The normalized spacial score (nSPS) is 11.6. The van der Waals surface area contributed by atoms with Crippen LogP contribution in [0.1, 0.15) is 39.3 Å². The molecule has 1 aromatic heterocycles. The van der Waals surface area contributed by atoms with Crippen molar-refractivity contribution in [2.75, 3.05) is 6.61 Å². The molecule has 0 aliphatic rings. The van der Waals surface area contributed by atoms with Crippen molar-refractivity contribution in [2.45, 2.75) is 50.5 Å². The number of hydrogen-bond acceptors (Lipinski definition) is 4. The highest BCUT2D eigenvalue weighted by molar-refractivity contribution is 9.10. The molecule has 0 atom stereocenters. The molecule has 0 saturated heterocycles. The lowest BCUT2D eigenvalue weighted by Crippen LogP contribution is -2.13. The maximum absolute atomic E-state index is 13.3. The van der Waals surface area contributed by atoms with Crippen molar-refractivity contribution in [3.8, 4) is 5.75 Å². The zero-order valence-corrected chi connectivity index (χ0v) is 21.9. The van der Waals surface area contributed by atoms with Crippen LogP contribution in [0.2, 0.25) is 5.02 Å². The van der Waals surface area contributed by atoms with Crippen molar-refractivity contribution in [2.24, 2.45) is 0 Å². The molecule has 0 unspecified atom stereocenters. The molecule has 9 heteroatoms. The van der Waals surface area contributed by atoms with Crippen LogP contribution in [0.15, 0.2) is 50.7 Å². The summed E-state index contributed by atoms with van der Waals surface area (Å²) in [6.45, 7) is 7.62. The number of aromatic carboxylic acids is 1. The van der Waals surface area contributed by atoms with Crippen molar-refractivity contribution in [1.29, 1.82) is 0 Å². The molecule has 6 nitrogen and oxygen atoms in total. The first-order valence-electron chi connectivity index (χ1n) is 10.3. The number of hydrogen-bond donors (Lipinski definition) is 1. The standard InChI is InChI=1S/C24H25BrClNO5S/c1-14-12-19(13-15(2)21(14)26)32-11-5-10-27-17(4)23(16(3)22(27)24(28)29)33(30,31)20-8-6-18(25)7-9-20/h6-9,12-13H,5,10-11H2,1-4H3,(H,28,29). The number of sulfone groups is 1. The van der Waals surface area contributed by atoms with E-state index >= 15 is 0 Å². The Morgan fingerprint density at radius 3 is 2.21 bits per heavy atom. The van der Waals surface area contributed by atoms with Crippen molar-refractivity contribution in [1.82, 2.24) is 4.57 Å². The first kappa shape index (κ1) is 25.3. The lowest BCUT2D eigenvalue weighted by molar-refractivity contribution is 0.0683. The number of halogens is 2. The summed E-state index contributed by atoms with van der Waals surface area (Å²) in [7, 11) is -3.89. The predicted molar refractivity (Wildman–Crippen MR) is 131 cm³/mol. The second kappa shape index (κ2) is 9.91. The van der Waals surface area contributed by atoms with Gasteiger partial charge in [-0.2, -0.15) is 0 Å². The second-order valence-corrected chi connectivity index (χ2v) is 11.1. The molecule has 0 aliphatic heterocycles. The van der Waals surface area contributed by atoms with Gasteiger partial charge in [-0.3, -0.25) is 0 Å². The molecule has 1 N–H and O–H groups in total. The molecule has 176 valence electrons. The molecular formula is C24H25BrClNO5S. The third-order valence-electron chi connectivity index (χ3n) is 5.50. The molecule has 0 aliphatic carbocycles. The summed E-state index contributed by atoms with van der Waals surface area (Å²) in [5.41, 5.74) is 2.43. The van der Waals surface area contributed by atoms with Crippen LogP contribution < -0.4 is 4.74 Å². The van der Waals surface area contributed by atoms with Crippen LogP contribution in [0.25, 0.3) is 0 Å². The fraction of sp³-hybridized carbons (Fsp3) is 0.292. The third-order valence-corrected chi connectivity index (χ3v) is 8.66. The number of carboxylic acid groups (broad SMARTS) is 1. The number of ether oxygens (including phenoxy) is 1. The van der Waals surface area contributed by atoms with Gasteiger partial charge in [-0.1, -0.05) is 27.5 Å². The number of benzene rings is 2. The molecule has 1 heterocycles. The molecule has 0 spiro atoms. The van der Waals surface area contributed by atoms with Gasteiger partial charge in [0, 0.05) is 27.3 Å². The van der Waals surface area contributed by atoms with Gasteiger partial charge in [0.15, 0.2) is 0 Å². The van der Waals surface area contributed by atoms with Gasteiger partial charge in [-0.25, -0.2) is 13.2 Å². The Balaban J connectivity index is 1.87. The maximum atomic E-state index is 13.3. The van der Waals surface area contributed by atoms with Gasteiger partial charge < -0.3 is 14.4 Å². The minimum Gasteiger partial charge on any atom is -0.494 e. The average Bonchev–Trinajstić information content (AvgIpc) is 2.99. The van der Waals surface area contributed by atoms with Crippen LogP contribution in [0.5, 0.6) is 5.75 Å². The number of aromatic nitrogens is 1. The van der Waals surface area contributed by atoms with E-state index in [-0.39, 0.29) is 21.0 Å². The van der Waals surface area contributed by atoms with Gasteiger partial charge >= 0.3 is 5.97 Å². The van der Waals surface area contributed by atoms with Crippen molar-refractivity contribution >= 4 is 43.3 Å². The van der Waals surface area contributed by atoms with Crippen molar-refractivity contribution in [3.63, 3.8) is 0 Å². The van der Waals surface area contributed by atoms with Crippen LogP contribution >= 0.6 is 27.5 Å². The SMILES string of the molecule is Cc1cc(OCCCn2c(C)c(S(=O)(=O)c3ccc(Br)cc3)c(C)c2C(=O)O)cc(C)c1Cl. The number of aryl methyl sites for hydroxylation is 2. The van der Waals surface area contributed by atoms with Gasteiger partial charge in [-0.15, -0.1) is 0 Å². The molecule has 0 bridgehead atoms. The Morgan fingerprint density at radius 1 is 1.09 bits per heavy atom. The number of carbonyl (C=O) groups is 1. The lowest BCUT2D eigenvalue weighted by Gasteiger charge is -2.12. The molecule has 2 aromatic carbocycles. The number of carboxylic acids is 1. The van der Waals surface area contributed by atoms with Crippen molar-refractivity contribution < 1.29 is 23.1 Å². The highest BCUT2D eigenvalue weighted by Gasteiger charge is 2.31. The van der Waals surface area contributed by atoms with E-state index < -0.39 is 15.8 Å². The quantitative estimate of drug-likeness (QED) is 0.338. The molecule has 33 heavy (non-hydrogen) atoms. The Kier molecular flexibility index (Phi) is 7.61. The highest BCUT2D eigenvalue weighted by atomic mass is 79.9. The molecule has 0 radical (unpaired) electrons. The van der Waals surface area contributed by atoms with E-state index in [4.69, 9.17) is 16.3 Å². The molecule has 0 saturated carbocycles. The highest BCUT2D eigenvalue weighted by Crippen LogP contribution is 2.32. The maximum Gasteiger partial charge on any atom is 0.352 e. The predicted octanol–water partition coefficient (Wildman–Crippen LogP) is 6.14. The minimum atomic E-state index is -3.89. The summed E-state index contributed by atoms with van der Waals surface area (Å²) in [4.78, 5) is 12.2. The molecule has 3 aromatic rings. The average molecular weight is 555 g/mol. The van der Waals surface area contributed by atoms with E-state index in [0.29, 0.717) is 36.0 Å². The van der Waals surface area contributed by atoms with Crippen molar-refractivity contribution in [3.05, 3.63) is 74.0 Å². The number of nitrogens with zero attached hydrogens (tertiary/aromatic N) is 1. The van der Waals surface area contributed by atoms with E-state index in [1.54, 1.807) is 23.6 Å². The van der Waals surface area contributed by atoms with Crippen LogP contribution in [-0.2, 0) is 16.4 Å². The Bertz CT molecular complexity index is 1290. The molecular weight excluding hydrogens is 530 g/mol.